The second-order valence-electron chi connectivity index (χ2n) is 6.49. The van der Waals surface area contributed by atoms with Gasteiger partial charge in [0.05, 0.1) is 27.8 Å². The molecule has 5 nitrogen and oxygen atoms in total. The molecular formula is C17H17ClF2N3O2S. The first kappa shape index (κ1) is 17.9. The number of fused-ring (bicyclic) bond motifs is 1. The van der Waals surface area contributed by atoms with Crippen molar-refractivity contribution in [3.05, 3.63) is 46.5 Å². The molecule has 3 heterocycles. The molecule has 0 unspecified atom stereocenters. The van der Waals surface area contributed by atoms with Gasteiger partial charge in [0.1, 0.15) is 17.5 Å². The lowest BCUT2D eigenvalue weighted by molar-refractivity contribution is 0.488. The molecule has 0 aliphatic carbocycles. The molecule has 2 aliphatic rings. The minimum absolute atomic E-state index is 0.00249. The molecule has 2 N–H and O–H groups in total. The highest BCUT2D eigenvalue weighted by Crippen LogP contribution is 2.54. The van der Waals surface area contributed by atoms with Gasteiger partial charge < -0.3 is 4.90 Å². The molecule has 2 aliphatic heterocycles. The van der Waals surface area contributed by atoms with Gasteiger partial charge in [-0.15, -0.1) is 0 Å². The predicted octanol–water partition coefficient (Wildman–Crippen LogP) is 4.64. The molecule has 1 aromatic heterocycles. The summed E-state index contributed by atoms with van der Waals surface area (Å²) in [5, 5.41) is -0.312. The van der Waals surface area contributed by atoms with Crippen LogP contribution in [0.5, 0.6) is 0 Å². The minimum atomic E-state index is -2.82. The second-order valence-corrected chi connectivity index (χ2v) is 9.08. The van der Waals surface area contributed by atoms with Crippen LogP contribution < -0.4 is 4.90 Å². The summed E-state index contributed by atoms with van der Waals surface area (Å²) in [6.45, 7) is 1.47. The molecule has 2 aromatic rings. The second kappa shape index (κ2) is 6.60. The summed E-state index contributed by atoms with van der Waals surface area (Å²) in [4.78, 5) is 10.8. The molecule has 1 saturated heterocycles. The Kier molecular flexibility index (Phi) is 4.54. The molecule has 0 saturated carbocycles. The predicted molar refractivity (Wildman–Crippen MR) is 98.4 cm³/mol. The van der Waals surface area contributed by atoms with Crippen LogP contribution in [0.15, 0.2) is 12.1 Å². The van der Waals surface area contributed by atoms with Gasteiger partial charge in [-0.3, -0.25) is 9.11 Å². The maximum Gasteiger partial charge on any atom is 0.164 e. The van der Waals surface area contributed by atoms with Crippen molar-refractivity contribution >= 4 is 28.0 Å². The van der Waals surface area contributed by atoms with E-state index in [9.17, 15) is 17.9 Å². The molecule has 26 heavy (non-hydrogen) atoms. The van der Waals surface area contributed by atoms with Crippen molar-refractivity contribution in [2.24, 2.45) is 0 Å². The van der Waals surface area contributed by atoms with Crippen LogP contribution in [0.25, 0.3) is 11.4 Å². The number of nitrogens with zero attached hydrogens (tertiary/aromatic N) is 3. The van der Waals surface area contributed by atoms with Crippen molar-refractivity contribution < 1.29 is 17.9 Å². The van der Waals surface area contributed by atoms with E-state index in [1.165, 1.54) is 0 Å². The van der Waals surface area contributed by atoms with Crippen molar-refractivity contribution in [2.75, 3.05) is 18.0 Å². The SMILES string of the molecule is OS1(O)Cc2nc(-c3cc(F)c(Cl)cc3F)nc(N3CC[CH]CC3)c2C1. The lowest BCUT2D eigenvalue weighted by Crippen LogP contribution is -2.31. The summed E-state index contributed by atoms with van der Waals surface area (Å²) in [5.41, 5.74) is 1.07. The van der Waals surface area contributed by atoms with Crippen LogP contribution in [0.1, 0.15) is 24.1 Å². The number of hydrogen-bond donors (Lipinski definition) is 2. The van der Waals surface area contributed by atoms with Crippen molar-refractivity contribution in [1.29, 1.82) is 0 Å². The number of rotatable bonds is 2. The average Bonchev–Trinajstić information content (AvgIpc) is 2.91. The Morgan fingerprint density at radius 3 is 2.50 bits per heavy atom. The minimum Gasteiger partial charge on any atom is -0.356 e. The third-order valence-electron chi connectivity index (χ3n) is 4.57. The van der Waals surface area contributed by atoms with E-state index in [0.29, 0.717) is 17.1 Å². The van der Waals surface area contributed by atoms with Crippen LogP contribution in [0, 0.1) is 18.1 Å². The van der Waals surface area contributed by atoms with Gasteiger partial charge in [-0.2, -0.15) is 10.6 Å². The third-order valence-corrected chi connectivity index (χ3v) is 6.35. The summed E-state index contributed by atoms with van der Waals surface area (Å²) >= 11 is 5.63. The molecule has 139 valence electrons. The molecule has 1 fully saturated rings. The lowest BCUT2D eigenvalue weighted by Gasteiger charge is -2.30. The summed E-state index contributed by atoms with van der Waals surface area (Å²) in [6, 6.07) is 1.87. The first-order chi connectivity index (χ1) is 12.3. The Labute approximate surface area is 156 Å². The molecular weight excluding hydrogens is 384 g/mol. The zero-order valence-corrected chi connectivity index (χ0v) is 15.3. The molecule has 0 spiro atoms. The number of benzene rings is 1. The smallest absolute Gasteiger partial charge is 0.164 e. The maximum atomic E-state index is 14.4. The maximum absolute atomic E-state index is 14.4. The van der Waals surface area contributed by atoms with Gasteiger partial charge in [-0.05, 0) is 31.4 Å². The molecule has 1 aromatic carbocycles. The summed E-state index contributed by atoms with van der Waals surface area (Å²) in [7, 11) is -2.82. The topological polar surface area (TPSA) is 69.5 Å². The number of halogens is 3. The van der Waals surface area contributed by atoms with Crippen molar-refractivity contribution in [3.63, 3.8) is 0 Å². The zero-order valence-electron chi connectivity index (χ0n) is 13.8. The lowest BCUT2D eigenvalue weighted by atomic mass is 10.1. The largest absolute Gasteiger partial charge is 0.356 e. The normalized spacial score (nSPS) is 20.1. The fourth-order valence-electron chi connectivity index (χ4n) is 3.32. The fourth-order valence-corrected chi connectivity index (χ4v) is 5.01. The Morgan fingerprint density at radius 2 is 1.77 bits per heavy atom. The van der Waals surface area contributed by atoms with E-state index < -0.39 is 22.2 Å². The first-order valence-electron chi connectivity index (χ1n) is 8.19. The number of anilines is 1. The fraction of sp³-hybridized carbons (Fsp3) is 0.353. The van der Waals surface area contributed by atoms with Gasteiger partial charge in [0, 0.05) is 18.7 Å². The molecule has 9 heteroatoms. The molecule has 0 atom stereocenters. The first-order valence-corrected chi connectivity index (χ1v) is 10.5. The van der Waals surface area contributed by atoms with Crippen LogP contribution >= 0.6 is 22.2 Å². The summed E-state index contributed by atoms with van der Waals surface area (Å²) < 4.78 is 48.5. The highest BCUT2D eigenvalue weighted by molar-refractivity contribution is 8.23. The van der Waals surface area contributed by atoms with E-state index >= 15 is 0 Å². The van der Waals surface area contributed by atoms with Crippen LogP contribution in [-0.2, 0) is 11.5 Å². The zero-order chi connectivity index (χ0) is 18.5. The number of aromatic nitrogens is 2. The average molecular weight is 401 g/mol. The van der Waals surface area contributed by atoms with Gasteiger partial charge in [-0.25, -0.2) is 18.7 Å². The highest BCUT2D eigenvalue weighted by Gasteiger charge is 2.33. The van der Waals surface area contributed by atoms with E-state index in [2.05, 4.69) is 16.4 Å². The van der Waals surface area contributed by atoms with Crippen LogP contribution in [0.4, 0.5) is 14.6 Å². The highest BCUT2D eigenvalue weighted by atomic mass is 35.5. The van der Waals surface area contributed by atoms with E-state index in [1.807, 2.05) is 4.90 Å². The Bertz CT molecular complexity index is 876. The van der Waals surface area contributed by atoms with Gasteiger partial charge >= 0.3 is 0 Å². The summed E-state index contributed by atoms with van der Waals surface area (Å²) in [5.74, 6) is -0.786. The van der Waals surface area contributed by atoms with Gasteiger partial charge in [0.25, 0.3) is 0 Å². The monoisotopic (exact) mass is 400 g/mol. The Balaban J connectivity index is 1.86. The quantitative estimate of drug-likeness (QED) is 0.718. The Hall–Kier alpha value is -1.48. The van der Waals surface area contributed by atoms with Gasteiger partial charge in [0.15, 0.2) is 5.82 Å². The van der Waals surface area contributed by atoms with Crippen LogP contribution in [0.2, 0.25) is 5.02 Å². The van der Waals surface area contributed by atoms with E-state index in [-0.39, 0.29) is 27.9 Å². The third kappa shape index (κ3) is 3.26. The van der Waals surface area contributed by atoms with E-state index in [4.69, 9.17) is 11.6 Å². The van der Waals surface area contributed by atoms with Gasteiger partial charge in [0.2, 0.25) is 0 Å². The van der Waals surface area contributed by atoms with Crippen LogP contribution in [0.3, 0.4) is 0 Å². The number of hydrogen-bond acceptors (Lipinski definition) is 5. The molecule has 0 bridgehead atoms. The molecule has 0 amide bonds. The van der Waals surface area contributed by atoms with Crippen molar-refractivity contribution in [3.8, 4) is 11.4 Å². The van der Waals surface area contributed by atoms with E-state index in [0.717, 1.165) is 38.1 Å². The van der Waals surface area contributed by atoms with Crippen molar-refractivity contribution in [1.82, 2.24) is 9.97 Å². The van der Waals surface area contributed by atoms with Crippen molar-refractivity contribution in [2.45, 2.75) is 24.3 Å². The summed E-state index contributed by atoms with van der Waals surface area (Å²) in [6.07, 6.45) is 3.95. The molecule has 1 radical (unpaired) electrons. The standard InChI is InChI=1S/C17H17ClF2N3O2S/c18-12-7-13(19)10(6-14(12)20)16-21-15-9-26(24,25)8-11(15)17(22-16)23-4-2-1-3-5-23/h1,6-7,24-25H,2-5,8-9H2. The molecule has 4 rings (SSSR count). The van der Waals surface area contributed by atoms with E-state index in [1.54, 1.807) is 0 Å². The van der Waals surface area contributed by atoms with Gasteiger partial charge in [-0.1, -0.05) is 11.6 Å². The van der Waals surface area contributed by atoms with Crippen LogP contribution in [-0.4, -0.2) is 32.2 Å². The number of piperidine rings is 1. The Morgan fingerprint density at radius 1 is 1.04 bits per heavy atom.